The number of rotatable bonds is 4. The topological polar surface area (TPSA) is 42.2 Å². The fraction of sp³-hybridized carbons (Fsp3) is 0.667. The van der Waals surface area contributed by atoms with E-state index in [9.17, 15) is 0 Å². The van der Waals surface area contributed by atoms with Crippen LogP contribution in [0.5, 0.6) is 0 Å². The van der Waals surface area contributed by atoms with E-state index in [1.165, 1.54) is 24.8 Å². The first-order chi connectivity index (χ1) is 8.62. The second-order valence-electron chi connectivity index (χ2n) is 5.58. The highest BCUT2D eigenvalue weighted by Crippen LogP contribution is 2.39. The fourth-order valence-electron chi connectivity index (χ4n) is 2.97. The summed E-state index contributed by atoms with van der Waals surface area (Å²) in [6.45, 7) is 8.87. The van der Waals surface area contributed by atoms with Gasteiger partial charge in [0.2, 0.25) is 0 Å². The molecule has 1 saturated heterocycles. The standard InChI is InChI=1S/C15H25N3/c1-4-15(5-2)8-10-18(11-15)14-13(12(3)16)7-6-9-17-14/h6-7,9,12H,4-5,8,10-11,16H2,1-3H3. The Morgan fingerprint density at radius 2 is 2.17 bits per heavy atom. The Hall–Kier alpha value is -1.09. The van der Waals surface area contributed by atoms with Crippen LogP contribution in [0.25, 0.3) is 0 Å². The van der Waals surface area contributed by atoms with Gasteiger partial charge < -0.3 is 10.6 Å². The summed E-state index contributed by atoms with van der Waals surface area (Å²) in [5.74, 6) is 1.09. The molecule has 0 radical (unpaired) electrons. The normalized spacial score (nSPS) is 20.1. The SMILES string of the molecule is CCC1(CC)CCN(c2ncccc2C(C)N)C1. The van der Waals surface area contributed by atoms with Crippen LogP contribution in [0, 0.1) is 5.41 Å². The molecule has 1 aromatic heterocycles. The summed E-state index contributed by atoms with van der Waals surface area (Å²) in [5, 5.41) is 0. The van der Waals surface area contributed by atoms with Gasteiger partial charge in [-0.3, -0.25) is 0 Å². The van der Waals surface area contributed by atoms with Crippen molar-refractivity contribution >= 4 is 5.82 Å². The number of pyridine rings is 1. The van der Waals surface area contributed by atoms with Gasteiger partial charge in [0.15, 0.2) is 0 Å². The molecule has 1 aromatic rings. The van der Waals surface area contributed by atoms with Gasteiger partial charge in [-0.05, 0) is 37.7 Å². The molecule has 1 fully saturated rings. The van der Waals surface area contributed by atoms with Crippen LogP contribution >= 0.6 is 0 Å². The second-order valence-corrected chi connectivity index (χ2v) is 5.58. The summed E-state index contributed by atoms with van der Waals surface area (Å²) in [6, 6.07) is 4.13. The number of hydrogen-bond donors (Lipinski definition) is 1. The van der Waals surface area contributed by atoms with Crippen LogP contribution in [-0.4, -0.2) is 18.1 Å². The lowest BCUT2D eigenvalue weighted by molar-refractivity contribution is 0.301. The van der Waals surface area contributed by atoms with Gasteiger partial charge in [-0.1, -0.05) is 19.9 Å². The molecule has 0 aromatic carbocycles. The van der Waals surface area contributed by atoms with Gasteiger partial charge >= 0.3 is 0 Å². The molecule has 3 nitrogen and oxygen atoms in total. The van der Waals surface area contributed by atoms with Crippen molar-refractivity contribution in [3.63, 3.8) is 0 Å². The molecule has 0 amide bonds. The smallest absolute Gasteiger partial charge is 0.133 e. The van der Waals surface area contributed by atoms with Crippen LogP contribution in [0.15, 0.2) is 18.3 Å². The van der Waals surface area contributed by atoms with Crippen molar-refractivity contribution in [1.29, 1.82) is 0 Å². The Morgan fingerprint density at radius 1 is 1.44 bits per heavy atom. The monoisotopic (exact) mass is 247 g/mol. The van der Waals surface area contributed by atoms with Crippen molar-refractivity contribution in [2.45, 2.75) is 46.1 Å². The molecule has 0 saturated carbocycles. The Kier molecular flexibility index (Phi) is 3.91. The molecule has 2 rings (SSSR count). The minimum absolute atomic E-state index is 0.0481. The van der Waals surface area contributed by atoms with Gasteiger partial charge in [-0.15, -0.1) is 0 Å². The molecule has 2 N–H and O–H groups in total. The number of nitrogens with two attached hydrogens (primary N) is 1. The van der Waals surface area contributed by atoms with E-state index in [1.807, 2.05) is 19.2 Å². The molecule has 3 heteroatoms. The molecule has 0 bridgehead atoms. The largest absolute Gasteiger partial charge is 0.356 e. The van der Waals surface area contributed by atoms with Gasteiger partial charge in [-0.25, -0.2) is 4.98 Å². The van der Waals surface area contributed by atoms with Gasteiger partial charge in [0.25, 0.3) is 0 Å². The fourth-order valence-corrected chi connectivity index (χ4v) is 2.97. The molecule has 1 aliphatic rings. The predicted octanol–water partition coefficient (Wildman–Crippen LogP) is 3.12. The lowest BCUT2D eigenvalue weighted by Gasteiger charge is -2.28. The summed E-state index contributed by atoms with van der Waals surface area (Å²) in [7, 11) is 0. The number of nitrogens with zero attached hydrogens (tertiary/aromatic N) is 2. The van der Waals surface area contributed by atoms with E-state index >= 15 is 0 Å². The zero-order chi connectivity index (χ0) is 13.2. The van der Waals surface area contributed by atoms with E-state index < -0.39 is 0 Å². The molecular weight excluding hydrogens is 222 g/mol. The highest BCUT2D eigenvalue weighted by Gasteiger charge is 2.36. The molecule has 1 aliphatic heterocycles. The number of aromatic nitrogens is 1. The van der Waals surface area contributed by atoms with E-state index in [-0.39, 0.29) is 6.04 Å². The third-order valence-electron chi connectivity index (χ3n) is 4.55. The van der Waals surface area contributed by atoms with E-state index in [0.29, 0.717) is 5.41 Å². The van der Waals surface area contributed by atoms with Crippen molar-refractivity contribution in [3.05, 3.63) is 23.9 Å². The molecule has 1 unspecified atom stereocenters. The Balaban J connectivity index is 2.24. The van der Waals surface area contributed by atoms with Crippen LogP contribution in [0.1, 0.15) is 51.6 Å². The van der Waals surface area contributed by atoms with Crippen molar-refractivity contribution < 1.29 is 0 Å². The molecule has 2 heterocycles. The summed E-state index contributed by atoms with van der Waals surface area (Å²) < 4.78 is 0. The predicted molar refractivity (Wildman–Crippen MR) is 76.7 cm³/mol. The Morgan fingerprint density at radius 3 is 2.72 bits per heavy atom. The third kappa shape index (κ3) is 2.37. The lowest BCUT2D eigenvalue weighted by atomic mass is 9.82. The molecule has 100 valence electrons. The van der Waals surface area contributed by atoms with Crippen LogP contribution in [0.4, 0.5) is 5.82 Å². The summed E-state index contributed by atoms with van der Waals surface area (Å²) in [4.78, 5) is 6.98. The van der Waals surface area contributed by atoms with Crippen LogP contribution < -0.4 is 10.6 Å². The third-order valence-corrected chi connectivity index (χ3v) is 4.55. The maximum Gasteiger partial charge on any atom is 0.133 e. The summed E-state index contributed by atoms with van der Waals surface area (Å²) in [5.41, 5.74) is 7.69. The van der Waals surface area contributed by atoms with Gasteiger partial charge in [0.05, 0.1) is 0 Å². The maximum atomic E-state index is 6.05. The van der Waals surface area contributed by atoms with Crippen molar-refractivity contribution in [1.82, 2.24) is 4.98 Å². The molecule has 18 heavy (non-hydrogen) atoms. The zero-order valence-electron chi connectivity index (χ0n) is 11.8. The highest BCUT2D eigenvalue weighted by molar-refractivity contribution is 5.49. The van der Waals surface area contributed by atoms with Crippen molar-refractivity contribution in [3.8, 4) is 0 Å². The molecular formula is C15H25N3. The average molecular weight is 247 g/mol. The first-order valence-electron chi connectivity index (χ1n) is 7.07. The van der Waals surface area contributed by atoms with Crippen molar-refractivity contribution in [2.24, 2.45) is 11.1 Å². The summed E-state index contributed by atoms with van der Waals surface area (Å²) in [6.07, 6.45) is 5.65. The number of anilines is 1. The minimum atomic E-state index is 0.0481. The Labute approximate surface area is 110 Å². The first-order valence-corrected chi connectivity index (χ1v) is 7.07. The number of hydrogen-bond acceptors (Lipinski definition) is 3. The summed E-state index contributed by atoms with van der Waals surface area (Å²) >= 11 is 0. The maximum absolute atomic E-state index is 6.05. The molecule has 0 aliphatic carbocycles. The second kappa shape index (κ2) is 5.27. The minimum Gasteiger partial charge on any atom is -0.356 e. The molecule has 1 atom stereocenters. The van der Waals surface area contributed by atoms with E-state index in [0.717, 1.165) is 18.9 Å². The van der Waals surface area contributed by atoms with Crippen molar-refractivity contribution in [2.75, 3.05) is 18.0 Å². The Bertz CT molecular complexity index is 396. The van der Waals surface area contributed by atoms with E-state index in [2.05, 4.69) is 29.8 Å². The first kappa shape index (κ1) is 13.3. The van der Waals surface area contributed by atoms with E-state index in [1.54, 1.807) is 0 Å². The van der Waals surface area contributed by atoms with Crippen LogP contribution in [0.2, 0.25) is 0 Å². The van der Waals surface area contributed by atoms with Crippen LogP contribution in [-0.2, 0) is 0 Å². The molecule has 0 spiro atoms. The van der Waals surface area contributed by atoms with Crippen LogP contribution in [0.3, 0.4) is 0 Å². The van der Waals surface area contributed by atoms with Gasteiger partial charge in [0.1, 0.15) is 5.82 Å². The van der Waals surface area contributed by atoms with Gasteiger partial charge in [0, 0.05) is 30.9 Å². The van der Waals surface area contributed by atoms with Gasteiger partial charge in [-0.2, -0.15) is 0 Å². The quantitative estimate of drug-likeness (QED) is 0.889. The average Bonchev–Trinajstić information content (AvgIpc) is 2.83. The van der Waals surface area contributed by atoms with E-state index in [4.69, 9.17) is 5.73 Å². The lowest BCUT2D eigenvalue weighted by Crippen LogP contribution is -2.28. The zero-order valence-corrected chi connectivity index (χ0v) is 11.8. The highest BCUT2D eigenvalue weighted by atomic mass is 15.2.